The van der Waals surface area contributed by atoms with E-state index in [1.165, 1.54) is 0 Å². The maximum Gasteiger partial charge on any atom is 0.419 e. The van der Waals surface area contributed by atoms with E-state index in [0.717, 1.165) is 17.7 Å². The summed E-state index contributed by atoms with van der Waals surface area (Å²) in [7, 11) is 0. The Bertz CT molecular complexity index is 1270. The lowest BCUT2D eigenvalue weighted by Gasteiger charge is -2.19. The molecular weight excluding hydrogens is 469 g/mol. The SMILES string of the molecule is O=C(OCc1ccccc1)c1cc(C(F)(F)F)c(OCc2ccccc2)cc1OCc1ccccc1. The molecule has 4 nitrogen and oxygen atoms in total. The van der Waals surface area contributed by atoms with Gasteiger partial charge in [-0.3, -0.25) is 0 Å². The van der Waals surface area contributed by atoms with Crippen molar-refractivity contribution in [2.75, 3.05) is 0 Å². The highest BCUT2D eigenvalue weighted by Gasteiger charge is 2.37. The van der Waals surface area contributed by atoms with Crippen LogP contribution in [0.1, 0.15) is 32.6 Å². The molecule has 0 aliphatic carbocycles. The molecule has 0 fully saturated rings. The van der Waals surface area contributed by atoms with Crippen LogP contribution < -0.4 is 9.47 Å². The van der Waals surface area contributed by atoms with Gasteiger partial charge in [-0.2, -0.15) is 13.2 Å². The number of ether oxygens (including phenoxy) is 3. The highest BCUT2D eigenvalue weighted by Crippen LogP contribution is 2.41. The van der Waals surface area contributed by atoms with Gasteiger partial charge in [0.05, 0.1) is 5.56 Å². The number of rotatable bonds is 9. The van der Waals surface area contributed by atoms with E-state index in [9.17, 15) is 18.0 Å². The molecular formula is C29H23F3O4. The quantitative estimate of drug-likeness (QED) is 0.232. The second-order valence-corrected chi connectivity index (χ2v) is 7.95. The van der Waals surface area contributed by atoms with E-state index in [1.54, 1.807) is 54.6 Å². The van der Waals surface area contributed by atoms with Crippen molar-refractivity contribution in [3.8, 4) is 11.5 Å². The van der Waals surface area contributed by atoms with Crippen molar-refractivity contribution in [2.45, 2.75) is 26.0 Å². The first-order valence-electron chi connectivity index (χ1n) is 11.2. The third-order valence-corrected chi connectivity index (χ3v) is 5.29. The molecule has 184 valence electrons. The Kier molecular flexibility index (Phi) is 7.90. The van der Waals surface area contributed by atoms with Gasteiger partial charge in [-0.05, 0) is 22.8 Å². The van der Waals surface area contributed by atoms with Crippen molar-refractivity contribution < 1.29 is 32.2 Å². The zero-order valence-corrected chi connectivity index (χ0v) is 19.2. The summed E-state index contributed by atoms with van der Waals surface area (Å²) in [6, 6.07) is 28.6. The molecule has 0 spiro atoms. The maximum atomic E-state index is 14.0. The number of carbonyl (C=O) groups excluding carboxylic acids is 1. The van der Waals surface area contributed by atoms with E-state index in [1.807, 2.05) is 36.4 Å². The molecule has 0 aliphatic rings. The van der Waals surface area contributed by atoms with Gasteiger partial charge in [0.1, 0.15) is 36.9 Å². The molecule has 0 heterocycles. The van der Waals surface area contributed by atoms with Crippen LogP contribution >= 0.6 is 0 Å². The Morgan fingerprint density at radius 2 is 1.06 bits per heavy atom. The third-order valence-electron chi connectivity index (χ3n) is 5.29. The summed E-state index contributed by atoms with van der Waals surface area (Å²) < 4.78 is 58.6. The van der Waals surface area contributed by atoms with Crippen molar-refractivity contribution in [1.29, 1.82) is 0 Å². The number of alkyl halides is 3. The largest absolute Gasteiger partial charge is 0.488 e. The van der Waals surface area contributed by atoms with Crippen molar-refractivity contribution in [3.63, 3.8) is 0 Å². The summed E-state index contributed by atoms with van der Waals surface area (Å²) in [5.74, 6) is -1.43. The third kappa shape index (κ3) is 6.66. The van der Waals surface area contributed by atoms with E-state index in [4.69, 9.17) is 14.2 Å². The molecule has 0 bridgehead atoms. The minimum absolute atomic E-state index is 0.0449. The lowest BCUT2D eigenvalue weighted by molar-refractivity contribution is -0.139. The van der Waals surface area contributed by atoms with Crippen LogP contribution in [0.4, 0.5) is 13.2 Å². The van der Waals surface area contributed by atoms with Gasteiger partial charge in [0, 0.05) is 6.07 Å². The fraction of sp³-hybridized carbons (Fsp3) is 0.138. The summed E-state index contributed by atoms with van der Waals surface area (Å²) in [5, 5.41) is 0. The van der Waals surface area contributed by atoms with E-state index < -0.39 is 23.5 Å². The standard InChI is InChI=1S/C29H23F3O4/c30-29(31,32)25-16-24(28(33)36-20-23-14-8-3-9-15-23)26(34-18-21-10-4-1-5-11-21)17-27(25)35-19-22-12-6-2-7-13-22/h1-17H,18-20H2. The second-order valence-electron chi connectivity index (χ2n) is 7.95. The van der Waals surface area contributed by atoms with Crippen LogP contribution in [0, 0.1) is 0 Å². The van der Waals surface area contributed by atoms with Gasteiger partial charge in [-0.1, -0.05) is 91.0 Å². The van der Waals surface area contributed by atoms with Gasteiger partial charge in [0.25, 0.3) is 0 Å². The molecule has 36 heavy (non-hydrogen) atoms. The normalized spacial score (nSPS) is 11.1. The van der Waals surface area contributed by atoms with E-state index in [2.05, 4.69) is 0 Å². The number of esters is 1. The average Bonchev–Trinajstić information content (AvgIpc) is 2.90. The number of hydrogen-bond acceptors (Lipinski definition) is 4. The Balaban J connectivity index is 1.66. The predicted molar refractivity (Wildman–Crippen MR) is 129 cm³/mol. The maximum absolute atomic E-state index is 14.0. The van der Waals surface area contributed by atoms with Crippen molar-refractivity contribution in [1.82, 2.24) is 0 Å². The molecule has 4 aromatic carbocycles. The summed E-state index contributed by atoms with van der Waals surface area (Å²) in [6.07, 6.45) is -4.77. The Labute approximate surface area is 206 Å². The minimum Gasteiger partial charge on any atom is -0.488 e. The number of benzene rings is 4. The minimum atomic E-state index is -4.77. The van der Waals surface area contributed by atoms with Crippen LogP contribution in [0.25, 0.3) is 0 Å². The molecule has 0 atom stereocenters. The molecule has 7 heteroatoms. The van der Waals surface area contributed by atoms with Crippen LogP contribution in [0.2, 0.25) is 0 Å². The molecule has 0 unspecified atom stereocenters. The zero-order chi connectivity index (χ0) is 25.4. The Morgan fingerprint density at radius 1 is 0.611 bits per heavy atom. The van der Waals surface area contributed by atoms with Gasteiger partial charge in [0.15, 0.2) is 0 Å². The van der Waals surface area contributed by atoms with E-state index >= 15 is 0 Å². The first-order chi connectivity index (χ1) is 17.4. The molecule has 0 saturated carbocycles. The summed E-state index contributed by atoms with van der Waals surface area (Å²) >= 11 is 0. The summed E-state index contributed by atoms with van der Waals surface area (Å²) in [5.41, 5.74) is 0.770. The molecule has 0 radical (unpaired) electrons. The highest BCUT2D eigenvalue weighted by atomic mass is 19.4. The van der Waals surface area contributed by atoms with E-state index in [0.29, 0.717) is 11.1 Å². The Morgan fingerprint density at radius 3 is 1.53 bits per heavy atom. The smallest absolute Gasteiger partial charge is 0.419 e. The van der Waals surface area contributed by atoms with Crippen LogP contribution in [0.3, 0.4) is 0 Å². The van der Waals surface area contributed by atoms with E-state index in [-0.39, 0.29) is 31.1 Å². The average molecular weight is 492 g/mol. The highest BCUT2D eigenvalue weighted by molar-refractivity contribution is 5.93. The molecule has 0 aromatic heterocycles. The lowest BCUT2D eigenvalue weighted by Crippen LogP contribution is -2.14. The first kappa shape index (κ1) is 24.9. The van der Waals surface area contributed by atoms with Gasteiger partial charge in [-0.25, -0.2) is 4.79 Å². The van der Waals surface area contributed by atoms with Gasteiger partial charge < -0.3 is 14.2 Å². The van der Waals surface area contributed by atoms with Gasteiger partial charge in [0.2, 0.25) is 0 Å². The Hall–Kier alpha value is -4.26. The fourth-order valence-corrected chi connectivity index (χ4v) is 3.45. The molecule has 0 N–H and O–H groups in total. The lowest BCUT2D eigenvalue weighted by atomic mass is 10.1. The number of halogens is 3. The second kappa shape index (κ2) is 11.4. The number of carbonyl (C=O) groups is 1. The van der Waals surface area contributed by atoms with Crippen LogP contribution in [0.5, 0.6) is 11.5 Å². The summed E-state index contributed by atoms with van der Waals surface area (Å²) in [4.78, 5) is 12.9. The topological polar surface area (TPSA) is 44.8 Å². The van der Waals surface area contributed by atoms with Crippen molar-refractivity contribution >= 4 is 5.97 Å². The molecule has 0 aliphatic heterocycles. The van der Waals surface area contributed by atoms with Gasteiger partial charge >= 0.3 is 12.1 Å². The van der Waals surface area contributed by atoms with Crippen LogP contribution in [0.15, 0.2) is 103 Å². The van der Waals surface area contributed by atoms with Gasteiger partial charge in [-0.15, -0.1) is 0 Å². The monoisotopic (exact) mass is 492 g/mol. The zero-order valence-electron chi connectivity index (χ0n) is 19.2. The van der Waals surface area contributed by atoms with Crippen LogP contribution in [-0.2, 0) is 30.7 Å². The van der Waals surface area contributed by atoms with Crippen molar-refractivity contribution in [2.24, 2.45) is 0 Å². The first-order valence-corrected chi connectivity index (χ1v) is 11.2. The number of hydrogen-bond donors (Lipinski definition) is 0. The van der Waals surface area contributed by atoms with Crippen molar-refractivity contribution in [3.05, 3.63) is 131 Å². The molecule has 4 aromatic rings. The van der Waals surface area contributed by atoms with Crippen LogP contribution in [-0.4, -0.2) is 5.97 Å². The predicted octanol–water partition coefficient (Wildman–Crippen LogP) is 7.22. The fourth-order valence-electron chi connectivity index (χ4n) is 3.45. The molecule has 4 rings (SSSR count). The molecule has 0 saturated heterocycles. The molecule has 0 amide bonds. The summed E-state index contributed by atoms with van der Waals surface area (Å²) in [6.45, 7) is -0.130.